The number of rotatable bonds is 3. The Balaban J connectivity index is 2.32. The van der Waals surface area contributed by atoms with Crippen LogP contribution in [-0.4, -0.2) is 18.1 Å². The molecule has 0 amide bonds. The predicted molar refractivity (Wildman–Crippen MR) is 72.6 cm³/mol. The van der Waals surface area contributed by atoms with Crippen LogP contribution in [0.1, 0.15) is 18.4 Å². The van der Waals surface area contributed by atoms with Crippen molar-refractivity contribution in [3.8, 4) is 6.07 Å². The number of halogens is 1. The molecule has 0 saturated carbocycles. The van der Waals surface area contributed by atoms with Crippen LogP contribution in [0.2, 0.25) is 0 Å². The summed E-state index contributed by atoms with van der Waals surface area (Å²) in [5.41, 5.74) is 0.128. The van der Waals surface area contributed by atoms with Crippen LogP contribution in [0.4, 0.5) is 5.69 Å². The zero-order valence-corrected chi connectivity index (χ0v) is 11.9. The number of hydrogen-bond acceptors (Lipinski definition) is 4. The summed E-state index contributed by atoms with van der Waals surface area (Å²) in [4.78, 5) is 10.7. The number of hydrogen-bond donors (Lipinski definition) is 0. The molecule has 1 aromatic carbocycles. The molecule has 0 bridgehead atoms. The van der Waals surface area contributed by atoms with Gasteiger partial charge in [0.05, 0.1) is 16.4 Å². The standard InChI is InChI=1S/C13H13BrN2O3/c14-11-2-1-10(12(7-11)16(17)18)8-13(9-15)3-5-19-6-4-13/h1-2,7H,3-6,8H2. The number of benzene rings is 1. The van der Waals surface area contributed by atoms with Gasteiger partial charge in [0.25, 0.3) is 5.69 Å². The van der Waals surface area contributed by atoms with Gasteiger partial charge in [-0.05, 0) is 25.3 Å². The van der Waals surface area contributed by atoms with E-state index in [2.05, 4.69) is 22.0 Å². The first-order valence-electron chi connectivity index (χ1n) is 5.98. The number of nitro groups is 1. The van der Waals surface area contributed by atoms with Crippen molar-refractivity contribution < 1.29 is 9.66 Å². The lowest BCUT2D eigenvalue weighted by molar-refractivity contribution is -0.385. The molecule has 19 heavy (non-hydrogen) atoms. The molecule has 2 rings (SSSR count). The first-order valence-corrected chi connectivity index (χ1v) is 6.77. The lowest BCUT2D eigenvalue weighted by Crippen LogP contribution is -2.30. The normalized spacial score (nSPS) is 17.7. The van der Waals surface area contributed by atoms with E-state index in [1.165, 1.54) is 6.07 Å². The second-order valence-electron chi connectivity index (χ2n) is 4.71. The van der Waals surface area contributed by atoms with Gasteiger partial charge >= 0.3 is 0 Å². The molecule has 0 radical (unpaired) electrons. The van der Waals surface area contributed by atoms with Crippen LogP contribution >= 0.6 is 15.9 Å². The van der Waals surface area contributed by atoms with E-state index in [0.717, 1.165) is 0 Å². The summed E-state index contributed by atoms with van der Waals surface area (Å²) in [5, 5.41) is 20.5. The van der Waals surface area contributed by atoms with E-state index in [-0.39, 0.29) is 5.69 Å². The van der Waals surface area contributed by atoms with Crippen LogP contribution in [0.25, 0.3) is 0 Å². The third-order valence-electron chi connectivity index (χ3n) is 3.46. The number of nitriles is 1. The van der Waals surface area contributed by atoms with E-state index in [1.807, 2.05) is 0 Å². The van der Waals surface area contributed by atoms with Crippen LogP contribution in [0.5, 0.6) is 0 Å². The van der Waals surface area contributed by atoms with Crippen molar-refractivity contribution in [2.75, 3.05) is 13.2 Å². The highest BCUT2D eigenvalue weighted by Crippen LogP contribution is 2.36. The molecular formula is C13H13BrN2O3. The van der Waals surface area contributed by atoms with Gasteiger partial charge in [0.2, 0.25) is 0 Å². The van der Waals surface area contributed by atoms with Crippen LogP contribution in [0.15, 0.2) is 22.7 Å². The zero-order valence-electron chi connectivity index (χ0n) is 10.3. The third-order valence-corrected chi connectivity index (χ3v) is 3.95. The smallest absolute Gasteiger partial charge is 0.273 e. The van der Waals surface area contributed by atoms with Crippen LogP contribution in [-0.2, 0) is 11.2 Å². The summed E-state index contributed by atoms with van der Waals surface area (Å²) in [6.07, 6.45) is 1.64. The van der Waals surface area contributed by atoms with E-state index in [1.54, 1.807) is 12.1 Å². The van der Waals surface area contributed by atoms with Gasteiger partial charge in [0.1, 0.15) is 0 Å². The molecule has 1 aliphatic heterocycles. The molecule has 0 N–H and O–H groups in total. The number of nitrogens with zero attached hydrogens (tertiary/aromatic N) is 2. The average Bonchev–Trinajstić information content (AvgIpc) is 2.42. The highest BCUT2D eigenvalue weighted by molar-refractivity contribution is 9.10. The fourth-order valence-corrected chi connectivity index (χ4v) is 2.66. The fraction of sp³-hybridized carbons (Fsp3) is 0.462. The van der Waals surface area contributed by atoms with Crippen molar-refractivity contribution in [3.63, 3.8) is 0 Å². The van der Waals surface area contributed by atoms with Gasteiger partial charge in [-0.25, -0.2) is 0 Å². The van der Waals surface area contributed by atoms with Gasteiger partial charge in [0, 0.05) is 29.3 Å². The quantitative estimate of drug-likeness (QED) is 0.631. The van der Waals surface area contributed by atoms with Crippen molar-refractivity contribution in [1.82, 2.24) is 0 Å². The monoisotopic (exact) mass is 324 g/mol. The van der Waals surface area contributed by atoms with Crippen molar-refractivity contribution in [1.29, 1.82) is 5.26 Å². The first-order chi connectivity index (χ1) is 9.06. The Morgan fingerprint density at radius 3 is 2.74 bits per heavy atom. The molecule has 1 aliphatic rings. The van der Waals surface area contributed by atoms with Gasteiger partial charge in [0.15, 0.2) is 0 Å². The summed E-state index contributed by atoms with van der Waals surface area (Å²) in [6.45, 7) is 1.08. The maximum absolute atomic E-state index is 11.1. The summed E-state index contributed by atoms with van der Waals surface area (Å²) in [6, 6.07) is 7.31. The molecule has 0 aromatic heterocycles. The van der Waals surface area contributed by atoms with E-state index < -0.39 is 10.3 Å². The highest BCUT2D eigenvalue weighted by Gasteiger charge is 2.35. The summed E-state index contributed by atoms with van der Waals surface area (Å²) in [5.74, 6) is 0. The summed E-state index contributed by atoms with van der Waals surface area (Å²) < 4.78 is 5.94. The lowest BCUT2D eigenvalue weighted by atomic mass is 9.76. The van der Waals surface area contributed by atoms with E-state index in [0.29, 0.717) is 42.5 Å². The van der Waals surface area contributed by atoms with Crippen molar-refractivity contribution in [3.05, 3.63) is 38.3 Å². The van der Waals surface area contributed by atoms with Gasteiger partial charge < -0.3 is 4.74 Å². The van der Waals surface area contributed by atoms with Crippen molar-refractivity contribution >= 4 is 21.6 Å². The Bertz CT molecular complexity index is 533. The molecule has 0 aliphatic carbocycles. The van der Waals surface area contributed by atoms with E-state index >= 15 is 0 Å². The first kappa shape index (κ1) is 14.0. The largest absolute Gasteiger partial charge is 0.381 e. The molecule has 1 fully saturated rings. The second-order valence-corrected chi connectivity index (χ2v) is 5.63. The van der Waals surface area contributed by atoms with Crippen LogP contribution in [0.3, 0.4) is 0 Å². The van der Waals surface area contributed by atoms with E-state index in [9.17, 15) is 15.4 Å². The summed E-state index contributed by atoms with van der Waals surface area (Å²) >= 11 is 3.23. The molecule has 1 heterocycles. The Kier molecular flexibility index (Phi) is 4.17. The Morgan fingerprint density at radius 2 is 2.16 bits per heavy atom. The maximum atomic E-state index is 11.1. The minimum absolute atomic E-state index is 0.0653. The van der Waals surface area contributed by atoms with Crippen LogP contribution < -0.4 is 0 Å². The van der Waals surface area contributed by atoms with E-state index in [4.69, 9.17) is 4.74 Å². The minimum atomic E-state index is -0.545. The third kappa shape index (κ3) is 3.11. The van der Waals surface area contributed by atoms with Crippen molar-refractivity contribution in [2.45, 2.75) is 19.3 Å². The van der Waals surface area contributed by atoms with Gasteiger partial charge in [-0.3, -0.25) is 10.1 Å². The highest BCUT2D eigenvalue weighted by atomic mass is 79.9. The number of ether oxygens (including phenoxy) is 1. The Labute approximate surface area is 119 Å². The van der Waals surface area contributed by atoms with Crippen LogP contribution in [0, 0.1) is 26.9 Å². The molecule has 1 aromatic rings. The second kappa shape index (κ2) is 5.68. The molecule has 0 spiro atoms. The Hall–Kier alpha value is -1.45. The molecule has 100 valence electrons. The Morgan fingerprint density at radius 1 is 1.47 bits per heavy atom. The summed E-state index contributed by atoms with van der Waals surface area (Å²) in [7, 11) is 0. The maximum Gasteiger partial charge on any atom is 0.273 e. The zero-order chi connectivity index (χ0) is 13.9. The average molecular weight is 325 g/mol. The molecular weight excluding hydrogens is 312 g/mol. The van der Waals surface area contributed by atoms with Gasteiger partial charge in [-0.1, -0.05) is 22.0 Å². The lowest BCUT2D eigenvalue weighted by Gasteiger charge is -2.30. The number of nitro benzene ring substituents is 1. The molecule has 5 nitrogen and oxygen atoms in total. The van der Waals surface area contributed by atoms with Gasteiger partial charge in [-0.15, -0.1) is 0 Å². The van der Waals surface area contributed by atoms with Gasteiger partial charge in [-0.2, -0.15) is 5.26 Å². The minimum Gasteiger partial charge on any atom is -0.381 e. The SMILES string of the molecule is N#CC1(Cc2ccc(Br)cc2[N+](=O)[O-])CCOCC1. The molecule has 0 atom stereocenters. The molecule has 0 unspecified atom stereocenters. The topological polar surface area (TPSA) is 76.2 Å². The molecule has 6 heteroatoms. The fourth-order valence-electron chi connectivity index (χ4n) is 2.31. The van der Waals surface area contributed by atoms with Crippen molar-refractivity contribution in [2.24, 2.45) is 5.41 Å². The molecule has 1 saturated heterocycles. The predicted octanol–water partition coefficient (Wildman–Crippen LogP) is 3.22.